The number of esters is 1. The summed E-state index contributed by atoms with van der Waals surface area (Å²) in [6.07, 6.45) is 15.5. The van der Waals surface area contributed by atoms with E-state index in [0.717, 1.165) is 19.4 Å². The largest absolute Gasteiger partial charge is 0.466 e. The molecule has 5 nitrogen and oxygen atoms in total. The Morgan fingerprint density at radius 3 is 1.60 bits per heavy atom. The molecule has 0 aromatic rings. The number of unbranched alkanes of at least 4 members (excludes halogenated alkanes) is 9. The van der Waals surface area contributed by atoms with Crippen molar-refractivity contribution in [1.29, 1.82) is 0 Å². The standard InChI is InChI=1S/C25H50O5/c1-4-5-6-7-8-9-10-11-12-13-17-27-20-22-29-23-21-28-18-14-15-25(26)30-19-16-24(2)3/h24H,4-23H2,1-3H3. The molecule has 0 aliphatic rings. The molecule has 0 heterocycles. The van der Waals surface area contributed by atoms with Gasteiger partial charge in [0, 0.05) is 19.6 Å². The number of rotatable bonds is 24. The molecule has 0 saturated heterocycles. The van der Waals surface area contributed by atoms with E-state index in [1.165, 1.54) is 57.8 Å². The normalized spacial score (nSPS) is 11.3. The van der Waals surface area contributed by atoms with Gasteiger partial charge in [-0.3, -0.25) is 4.79 Å². The molecule has 0 amide bonds. The highest BCUT2D eigenvalue weighted by Crippen LogP contribution is 2.10. The second-order valence-corrected chi connectivity index (χ2v) is 8.53. The summed E-state index contributed by atoms with van der Waals surface area (Å²) in [5.41, 5.74) is 0. The highest BCUT2D eigenvalue weighted by molar-refractivity contribution is 5.69. The van der Waals surface area contributed by atoms with E-state index in [1.807, 2.05) is 0 Å². The second-order valence-electron chi connectivity index (χ2n) is 8.53. The van der Waals surface area contributed by atoms with Crippen molar-refractivity contribution in [2.24, 2.45) is 5.92 Å². The molecule has 0 bridgehead atoms. The summed E-state index contributed by atoms with van der Waals surface area (Å²) in [5, 5.41) is 0. The van der Waals surface area contributed by atoms with Gasteiger partial charge in [0.05, 0.1) is 33.0 Å². The van der Waals surface area contributed by atoms with Crippen LogP contribution >= 0.6 is 0 Å². The Morgan fingerprint density at radius 2 is 1.07 bits per heavy atom. The third kappa shape index (κ3) is 25.4. The van der Waals surface area contributed by atoms with Gasteiger partial charge in [0.25, 0.3) is 0 Å². The third-order valence-corrected chi connectivity index (χ3v) is 5.01. The molecule has 0 aliphatic heterocycles. The van der Waals surface area contributed by atoms with E-state index in [2.05, 4.69) is 20.8 Å². The molecule has 0 aliphatic carbocycles. The molecule has 0 fully saturated rings. The van der Waals surface area contributed by atoms with Gasteiger partial charge in [-0.25, -0.2) is 0 Å². The monoisotopic (exact) mass is 430 g/mol. The molecule has 0 N–H and O–H groups in total. The smallest absolute Gasteiger partial charge is 0.305 e. The molecule has 0 aromatic heterocycles. The summed E-state index contributed by atoms with van der Waals surface area (Å²) < 4.78 is 21.7. The molecule has 30 heavy (non-hydrogen) atoms. The first kappa shape index (κ1) is 29.4. The van der Waals surface area contributed by atoms with Crippen LogP contribution in [0.5, 0.6) is 0 Å². The van der Waals surface area contributed by atoms with E-state index in [1.54, 1.807) is 0 Å². The highest BCUT2D eigenvalue weighted by Gasteiger charge is 2.03. The van der Waals surface area contributed by atoms with Crippen molar-refractivity contribution in [2.45, 2.75) is 104 Å². The van der Waals surface area contributed by atoms with Crippen molar-refractivity contribution in [3.05, 3.63) is 0 Å². The fourth-order valence-corrected chi connectivity index (χ4v) is 3.03. The van der Waals surface area contributed by atoms with Gasteiger partial charge in [-0.05, 0) is 25.2 Å². The van der Waals surface area contributed by atoms with Gasteiger partial charge in [-0.1, -0.05) is 78.6 Å². The summed E-state index contributed by atoms with van der Waals surface area (Å²) in [4.78, 5) is 11.5. The van der Waals surface area contributed by atoms with Crippen molar-refractivity contribution in [3.63, 3.8) is 0 Å². The second kappa shape index (κ2) is 24.6. The Hall–Kier alpha value is -0.650. The summed E-state index contributed by atoms with van der Waals surface area (Å²) in [6, 6.07) is 0. The molecule has 180 valence electrons. The van der Waals surface area contributed by atoms with E-state index >= 15 is 0 Å². The molecular weight excluding hydrogens is 380 g/mol. The first-order valence-electron chi connectivity index (χ1n) is 12.6. The zero-order valence-corrected chi connectivity index (χ0v) is 20.3. The molecular formula is C25H50O5. The summed E-state index contributed by atoms with van der Waals surface area (Å²) in [5.74, 6) is 0.432. The van der Waals surface area contributed by atoms with Crippen LogP contribution in [0.15, 0.2) is 0 Å². The molecule has 0 atom stereocenters. The number of hydrogen-bond donors (Lipinski definition) is 0. The molecule has 0 unspecified atom stereocenters. The SMILES string of the molecule is CCCCCCCCCCCCOCCOCCOCCCC(=O)OCCC(C)C. The van der Waals surface area contributed by atoms with Crippen molar-refractivity contribution in [1.82, 2.24) is 0 Å². The maximum Gasteiger partial charge on any atom is 0.305 e. The first-order chi connectivity index (χ1) is 14.7. The van der Waals surface area contributed by atoms with Crippen LogP contribution in [0.4, 0.5) is 0 Å². The Labute approximate surface area is 186 Å². The number of carbonyl (C=O) groups is 1. The van der Waals surface area contributed by atoms with Crippen LogP contribution in [-0.2, 0) is 23.7 Å². The fourth-order valence-electron chi connectivity index (χ4n) is 3.03. The van der Waals surface area contributed by atoms with Gasteiger partial charge in [0.2, 0.25) is 0 Å². The van der Waals surface area contributed by atoms with Crippen LogP contribution in [0.2, 0.25) is 0 Å². The Balaban J connectivity index is 3.09. The zero-order chi connectivity index (χ0) is 22.1. The Kier molecular flexibility index (Phi) is 24.1. The van der Waals surface area contributed by atoms with Gasteiger partial charge in [-0.2, -0.15) is 0 Å². The van der Waals surface area contributed by atoms with Gasteiger partial charge in [0.15, 0.2) is 0 Å². The third-order valence-electron chi connectivity index (χ3n) is 5.01. The maximum atomic E-state index is 11.5. The predicted molar refractivity (Wildman–Crippen MR) is 124 cm³/mol. The van der Waals surface area contributed by atoms with Crippen LogP contribution < -0.4 is 0 Å². The highest BCUT2D eigenvalue weighted by atomic mass is 16.5. The van der Waals surface area contributed by atoms with Crippen molar-refractivity contribution in [3.8, 4) is 0 Å². The van der Waals surface area contributed by atoms with E-state index in [0.29, 0.717) is 58.4 Å². The van der Waals surface area contributed by atoms with Gasteiger partial charge in [-0.15, -0.1) is 0 Å². The lowest BCUT2D eigenvalue weighted by atomic mass is 10.1. The van der Waals surface area contributed by atoms with Crippen molar-refractivity contribution < 1.29 is 23.7 Å². The lowest BCUT2D eigenvalue weighted by Gasteiger charge is -2.08. The first-order valence-corrected chi connectivity index (χ1v) is 12.6. The average Bonchev–Trinajstić information content (AvgIpc) is 2.72. The van der Waals surface area contributed by atoms with E-state index in [4.69, 9.17) is 18.9 Å². The number of ether oxygens (including phenoxy) is 4. The minimum absolute atomic E-state index is 0.130. The van der Waals surface area contributed by atoms with Crippen molar-refractivity contribution >= 4 is 5.97 Å². The van der Waals surface area contributed by atoms with Crippen LogP contribution in [-0.4, -0.2) is 52.2 Å². The van der Waals surface area contributed by atoms with Crippen LogP contribution in [0.1, 0.15) is 104 Å². The van der Waals surface area contributed by atoms with E-state index in [-0.39, 0.29) is 5.97 Å². The molecule has 0 radical (unpaired) electrons. The molecule has 0 aromatic carbocycles. The molecule has 5 heteroatoms. The van der Waals surface area contributed by atoms with Crippen LogP contribution in [0.3, 0.4) is 0 Å². The summed E-state index contributed by atoms with van der Waals surface area (Å²) in [7, 11) is 0. The number of carbonyl (C=O) groups excluding carboxylic acids is 1. The number of hydrogen-bond acceptors (Lipinski definition) is 5. The lowest BCUT2D eigenvalue weighted by Crippen LogP contribution is -2.11. The van der Waals surface area contributed by atoms with Gasteiger partial charge >= 0.3 is 5.97 Å². The van der Waals surface area contributed by atoms with Gasteiger partial charge in [0.1, 0.15) is 0 Å². The minimum atomic E-state index is -0.130. The van der Waals surface area contributed by atoms with E-state index < -0.39 is 0 Å². The Morgan fingerprint density at radius 1 is 0.600 bits per heavy atom. The molecule has 0 saturated carbocycles. The lowest BCUT2D eigenvalue weighted by molar-refractivity contribution is -0.144. The Bertz CT molecular complexity index is 346. The average molecular weight is 431 g/mol. The molecule has 0 rings (SSSR count). The van der Waals surface area contributed by atoms with Crippen LogP contribution in [0, 0.1) is 5.92 Å². The van der Waals surface area contributed by atoms with Crippen LogP contribution in [0.25, 0.3) is 0 Å². The molecule has 0 spiro atoms. The topological polar surface area (TPSA) is 54.0 Å². The quantitative estimate of drug-likeness (QED) is 0.132. The fraction of sp³-hybridized carbons (Fsp3) is 0.960. The van der Waals surface area contributed by atoms with Crippen molar-refractivity contribution in [2.75, 3.05) is 46.2 Å². The minimum Gasteiger partial charge on any atom is -0.466 e. The zero-order valence-electron chi connectivity index (χ0n) is 20.3. The maximum absolute atomic E-state index is 11.5. The summed E-state index contributed by atoms with van der Waals surface area (Å²) in [6.45, 7) is 10.8. The van der Waals surface area contributed by atoms with Gasteiger partial charge < -0.3 is 18.9 Å². The van der Waals surface area contributed by atoms with E-state index in [9.17, 15) is 4.79 Å². The predicted octanol–water partition coefficient (Wildman–Crippen LogP) is 6.33. The summed E-state index contributed by atoms with van der Waals surface area (Å²) >= 11 is 0.